The van der Waals surface area contributed by atoms with E-state index in [1.807, 2.05) is 0 Å². The minimum absolute atomic E-state index is 0.610. The Morgan fingerprint density at radius 2 is 2.36 bits per heavy atom. The molecule has 1 aliphatic heterocycles. The maximum atomic E-state index is 5.38. The van der Waals surface area contributed by atoms with Crippen LogP contribution in [0.4, 0.5) is 0 Å². The molecule has 0 spiro atoms. The molecule has 1 atom stereocenters. The maximum Gasteiger partial charge on any atom is 0.122 e. The van der Waals surface area contributed by atoms with Gasteiger partial charge in [-0.2, -0.15) is 0 Å². The third kappa shape index (κ3) is 1.62. The summed E-state index contributed by atoms with van der Waals surface area (Å²) in [5.41, 5.74) is 2.77. The molecule has 0 amide bonds. The molecule has 2 nitrogen and oxygen atoms in total. The molecule has 1 aromatic rings. The van der Waals surface area contributed by atoms with Crippen molar-refractivity contribution in [2.45, 2.75) is 32.4 Å². The molecule has 14 heavy (non-hydrogen) atoms. The van der Waals surface area contributed by atoms with E-state index in [0.717, 1.165) is 18.7 Å². The average molecular weight is 191 g/mol. The van der Waals surface area contributed by atoms with Crippen molar-refractivity contribution < 1.29 is 4.74 Å². The molecule has 1 aromatic carbocycles. The molecule has 2 heteroatoms. The van der Waals surface area contributed by atoms with Crippen LogP contribution in [0.1, 0.15) is 24.5 Å². The summed E-state index contributed by atoms with van der Waals surface area (Å²) >= 11 is 0. The summed E-state index contributed by atoms with van der Waals surface area (Å²) in [7, 11) is 1.75. The van der Waals surface area contributed by atoms with Crippen LogP contribution in [0.5, 0.6) is 5.75 Å². The molecule has 1 N–H and O–H groups in total. The third-order valence-electron chi connectivity index (χ3n) is 2.97. The summed E-state index contributed by atoms with van der Waals surface area (Å²) in [6, 6.07) is 6.90. The van der Waals surface area contributed by atoms with Crippen molar-refractivity contribution in [2.24, 2.45) is 0 Å². The minimum Gasteiger partial charge on any atom is -0.496 e. The van der Waals surface area contributed by atoms with Crippen molar-refractivity contribution in [3.8, 4) is 5.75 Å². The van der Waals surface area contributed by atoms with Gasteiger partial charge in [0.2, 0.25) is 0 Å². The number of hydrogen-bond acceptors (Lipinski definition) is 2. The summed E-state index contributed by atoms with van der Waals surface area (Å²) in [5, 5.41) is 3.52. The Bertz CT molecular complexity index is 308. The quantitative estimate of drug-likeness (QED) is 0.773. The normalized spacial score (nSPS) is 20.3. The Hall–Kier alpha value is -1.02. The fourth-order valence-electron chi connectivity index (χ4n) is 2.06. The molecule has 0 saturated heterocycles. The second-order valence-electron chi connectivity index (χ2n) is 3.79. The second-order valence-corrected chi connectivity index (χ2v) is 3.79. The van der Waals surface area contributed by atoms with E-state index in [1.54, 1.807) is 7.11 Å². The van der Waals surface area contributed by atoms with Gasteiger partial charge in [-0.3, -0.25) is 0 Å². The predicted molar refractivity (Wildman–Crippen MR) is 57.6 cm³/mol. The zero-order chi connectivity index (χ0) is 9.97. The molecule has 0 aromatic heterocycles. The van der Waals surface area contributed by atoms with E-state index in [-0.39, 0.29) is 0 Å². The lowest BCUT2D eigenvalue weighted by atomic mass is 9.94. The van der Waals surface area contributed by atoms with Crippen LogP contribution in [-0.2, 0) is 13.0 Å². The highest BCUT2D eigenvalue weighted by Crippen LogP contribution is 2.27. The van der Waals surface area contributed by atoms with Crippen molar-refractivity contribution in [1.29, 1.82) is 0 Å². The second kappa shape index (κ2) is 4.01. The van der Waals surface area contributed by atoms with Gasteiger partial charge in [-0.1, -0.05) is 19.1 Å². The number of rotatable bonds is 2. The van der Waals surface area contributed by atoms with Gasteiger partial charge in [0, 0.05) is 18.2 Å². The highest BCUT2D eigenvalue weighted by molar-refractivity contribution is 5.42. The van der Waals surface area contributed by atoms with E-state index in [1.165, 1.54) is 17.5 Å². The summed E-state index contributed by atoms with van der Waals surface area (Å²) in [5.74, 6) is 1.04. The average Bonchev–Trinajstić information content (AvgIpc) is 2.27. The van der Waals surface area contributed by atoms with Crippen LogP contribution >= 0.6 is 0 Å². The predicted octanol–water partition coefficient (Wildman–Crippen LogP) is 2.12. The number of benzene rings is 1. The van der Waals surface area contributed by atoms with Gasteiger partial charge in [0.05, 0.1) is 7.11 Å². The standard InChI is InChI=1S/C12H17NO/c1-3-10-7-11-9(8-13-10)5-4-6-12(11)14-2/h4-6,10,13H,3,7-8H2,1-2H3. The Morgan fingerprint density at radius 3 is 3.07 bits per heavy atom. The lowest BCUT2D eigenvalue weighted by molar-refractivity contribution is 0.394. The minimum atomic E-state index is 0.610. The molecule has 76 valence electrons. The van der Waals surface area contributed by atoms with E-state index in [2.05, 4.69) is 30.4 Å². The van der Waals surface area contributed by atoms with Crippen molar-refractivity contribution in [3.05, 3.63) is 29.3 Å². The summed E-state index contributed by atoms with van der Waals surface area (Å²) < 4.78 is 5.38. The van der Waals surface area contributed by atoms with E-state index in [9.17, 15) is 0 Å². The van der Waals surface area contributed by atoms with Crippen LogP contribution < -0.4 is 10.1 Å². The lowest BCUT2D eigenvalue weighted by Crippen LogP contribution is -2.35. The molecule has 0 radical (unpaired) electrons. The van der Waals surface area contributed by atoms with Gasteiger partial charge in [-0.25, -0.2) is 0 Å². The Balaban J connectivity index is 2.33. The molecular weight excluding hydrogens is 174 g/mol. The molecule has 0 fully saturated rings. The van der Waals surface area contributed by atoms with E-state index in [4.69, 9.17) is 4.74 Å². The third-order valence-corrected chi connectivity index (χ3v) is 2.97. The number of methoxy groups -OCH3 is 1. The van der Waals surface area contributed by atoms with Gasteiger partial charge in [0.15, 0.2) is 0 Å². The fraction of sp³-hybridized carbons (Fsp3) is 0.500. The first-order chi connectivity index (χ1) is 6.85. The Morgan fingerprint density at radius 1 is 1.50 bits per heavy atom. The highest BCUT2D eigenvalue weighted by Gasteiger charge is 2.19. The van der Waals surface area contributed by atoms with E-state index >= 15 is 0 Å². The summed E-state index contributed by atoms with van der Waals surface area (Å²) in [6.45, 7) is 3.20. The first kappa shape index (κ1) is 9.53. The van der Waals surface area contributed by atoms with Crippen LogP contribution in [0.15, 0.2) is 18.2 Å². The molecule has 0 saturated carbocycles. The molecule has 1 unspecified atom stereocenters. The number of ether oxygens (including phenoxy) is 1. The Labute approximate surface area is 85.3 Å². The van der Waals surface area contributed by atoms with Crippen LogP contribution in [0, 0.1) is 0 Å². The molecular formula is C12H17NO. The van der Waals surface area contributed by atoms with Crippen LogP contribution in [-0.4, -0.2) is 13.2 Å². The molecule has 1 heterocycles. The van der Waals surface area contributed by atoms with Gasteiger partial charge in [0.1, 0.15) is 5.75 Å². The van der Waals surface area contributed by atoms with Crippen molar-refractivity contribution in [3.63, 3.8) is 0 Å². The highest BCUT2D eigenvalue weighted by atomic mass is 16.5. The zero-order valence-electron chi connectivity index (χ0n) is 8.84. The van der Waals surface area contributed by atoms with E-state index in [0.29, 0.717) is 6.04 Å². The largest absolute Gasteiger partial charge is 0.496 e. The maximum absolute atomic E-state index is 5.38. The molecule has 1 aliphatic rings. The number of fused-ring (bicyclic) bond motifs is 1. The van der Waals surface area contributed by atoms with Gasteiger partial charge < -0.3 is 10.1 Å². The Kier molecular flexibility index (Phi) is 2.73. The number of hydrogen-bond donors (Lipinski definition) is 1. The fourth-order valence-corrected chi connectivity index (χ4v) is 2.06. The van der Waals surface area contributed by atoms with Crippen molar-refractivity contribution >= 4 is 0 Å². The van der Waals surface area contributed by atoms with Crippen LogP contribution in [0.3, 0.4) is 0 Å². The first-order valence-electron chi connectivity index (χ1n) is 5.23. The molecule has 0 bridgehead atoms. The van der Waals surface area contributed by atoms with E-state index < -0.39 is 0 Å². The van der Waals surface area contributed by atoms with Crippen LogP contribution in [0.25, 0.3) is 0 Å². The first-order valence-corrected chi connectivity index (χ1v) is 5.23. The molecule has 0 aliphatic carbocycles. The van der Waals surface area contributed by atoms with Crippen molar-refractivity contribution in [1.82, 2.24) is 5.32 Å². The molecule has 2 rings (SSSR count). The van der Waals surface area contributed by atoms with Gasteiger partial charge in [-0.15, -0.1) is 0 Å². The van der Waals surface area contributed by atoms with Gasteiger partial charge in [0.25, 0.3) is 0 Å². The summed E-state index contributed by atoms with van der Waals surface area (Å²) in [6.07, 6.45) is 2.27. The smallest absolute Gasteiger partial charge is 0.122 e. The zero-order valence-corrected chi connectivity index (χ0v) is 8.84. The SMILES string of the molecule is CCC1Cc2c(cccc2OC)CN1. The summed E-state index contributed by atoms with van der Waals surface area (Å²) in [4.78, 5) is 0. The monoisotopic (exact) mass is 191 g/mol. The lowest BCUT2D eigenvalue weighted by Gasteiger charge is -2.26. The van der Waals surface area contributed by atoms with Crippen molar-refractivity contribution in [2.75, 3.05) is 7.11 Å². The van der Waals surface area contributed by atoms with Gasteiger partial charge in [-0.05, 0) is 24.5 Å². The van der Waals surface area contributed by atoms with Crippen LogP contribution in [0.2, 0.25) is 0 Å². The number of nitrogens with one attached hydrogen (secondary N) is 1. The van der Waals surface area contributed by atoms with Gasteiger partial charge >= 0.3 is 0 Å². The topological polar surface area (TPSA) is 21.3 Å².